The van der Waals surface area contributed by atoms with E-state index in [2.05, 4.69) is 10.4 Å². The fourth-order valence-electron chi connectivity index (χ4n) is 2.94. The molecule has 1 unspecified atom stereocenters. The van der Waals surface area contributed by atoms with Crippen LogP contribution in [0.15, 0.2) is 30.6 Å². The van der Waals surface area contributed by atoms with Gasteiger partial charge in [0.1, 0.15) is 11.8 Å². The van der Waals surface area contributed by atoms with Crippen LogP contribution in [0.5, 0.6) is 5.75 Å². The minimum absolute atomic E-state index is 0. The fraction of sp³-hybridized carbons (Fsp3) is 0.375. The van der Waals surface area contributed by atoms with Gasteiger partial charge < -0.3 is 15.3 Å². The summed E-state index contributed by atoms with van der Waals surface area (Å²) in [5.74, 6) is 0.273. The third-order valence-electron chi connectivity index (χ3n) is 4.11. The van der Waals surface area contributed by atoms with Crippen LogP contribution in [0.1, 0.15) is 22.7 Å². The Bertz CT molecular complexity index is 701. The van der Waals surface area contributed by atoms with Crippen molar-refractivity contribution in [1.29, 1.82) is 0 Å². The first-order chi connectivity index (χ1) is 10.6. The Morgan fingerprint density at radius 3 is 2.83 bits per heavy atom. The Morgan fingerprint density at radius 2 is 2.17 bits per heavy atom. The second kappa shape index (κ2) is 7.02. The minimum Gasteiger partial charge on any atom is -0.508 e. The lowest BCUT2D eigenvalue weighted by atomic mass is 9.98. The largest absolute Gasteiger partial charge is 0.508 e. The predicted molar refractivity (Wildman–Crippen MR) is 89.5 cm³/mol. The van der Waals surface area contributed by atoms with Crippen LogP contribution in [0, 0.1) is 0 Å². The third-order valence-corrected chi connectivity index (χ3v) is 4.11. The van der Waals surface area contributed by atoms with E-state index in [-0.39, 0.29) is 24.1 Å². The standard InChI is InChI=1S/C16H20N4O2.ClH/c1-17-15(13-8-18-19(2)9-13)16(22)20-6-5-11-3-4-14(21)7-12(11)10-20;/h3-4,7-9,15,17,21H,5-6,10H2,1-2H3;1H. The van der Waals surface area contributed by atoms with Gasteiger partial charge in [0.15, 0.2) is 0 Å². The summed E-state index contributed by atoms with van der Waals surface area (Å²) in [5, 5.41) is 16.8. The smallest absolute Gasteiger partial charge is 0.244 e. The molecule has 0 saturated heterocycles. The molecule has 0 bridgehead atoms. The Morgan fingerprint density at radius 1 is 1.39 bits per heavy atom. The number of carbonyl (C=O) groups is 1. The van der Waals surface area contributed by atoms with Gasteiger partial charge in [-0.15, -0.1) is 12.4 Å². The molecule has 7 heteroatoms. The molecule has 1 aliphatic rings. The third kappa shape index (κ3) is 3.48. The van der Waals surface area contributed by atoms with Gasteiger partial charge in [0.25, 0.3) is 0 Å². The van der Waals surface area contributed by atoms with Crippen LogP contribution >= 0.6 is 12.4 Å². The molecule has 0 saturated carbocycles. The number of nitrogens with one attached hydrogen (secondary N) is 1. The number of benzene rings is 1. The number of phenolic OH excluding ortho intramolecular Hbond substituents is 1. The Hall–Kier alpha value is -2.05. The first-order valence-corrected chi connectivity index (χ1v) is 7.34. The van der Waals surface area contributed by atoms with Crippen molar-refractivity contribution >= 4 is 18.3 Å². The highest BCUT2D eigenvalue weighted by Gasteiger charge is 2.28. The number of rotatable bonds is 3. The van der Waals surface area contributed by atoms with E-state index in [1.165, 1.54) is 5.56 Å². The molecular formula is C16H21ClN4O2. The minimum atomic E-state index is -0.396. The van der Waals surface area contributed by atoms with Crippen molar-refractivity contribution in [3.63, 3.8) is 0 Å². The summed E-state index contributed by atoms with van der Waals surface area (Å²) in [6.45, 7) is 1.22. The van der Waals surface area contributed by atoms with E-state index in [9.17, 15) is 9.90 Å². The molecule has 1 aliphatic heterocycles. The van der Waals surface area contributed by atoms with Crippen molar-refractivity contribution in [1.82, 2.24) is 20.0 Å². The van der Waals surface area contributed by atoms with Crippen molar-refractivity contribution in [2.24, 2.45) is 7.05 Å². The summed E-state index contributed by atoms with van der Waals surface area (Å²) in [4.78, 5) is 14.6. The van der Waals surface area contributed by atoms with Crippen LogP contribution < -0.4 is 5.32 Å². The zero-order valence-corrected chi connectivity index (χ0v) is 14.0. The van der Waals surface area contributed by atoms with Crippen molar-refractivity contribution in [3.05, 3.63) is 47.3 Å². The van der Waals surface area contributed by atoms with Gasteiger partial charge in [-0.1, -0.05) is 6.07 Å². The molecule has 1 aromatic heterocycles. The quantitative estimate of drug-likeness (QED) is 0.888. The van der Waals surface area contributed by atoms with Crippen molar-refractivity contribution in [3.8, 4) is 5.75 Å². The number of fused-ring (bicyclic) bond motifs is 1. The topological polar surface area (TPSA) is 70.4 Å². The zero-order valence-electron chi connectivity index (χ0n) is 13.2. The molecule has 124 valence electrons. The highest BCUT2D eigenvalue weighted by atomic mass is 35.5. The Kier molecular flexibility index (Phi) is 5.28. The number of aromatic hydroxyl groups is 1. The normalized spacial score (nSPS) is 14.8. The average molecular weight is 337 g/mol. The van der Waals surface area contributed by atoms with Crippen LogP contribution in [-0.4, -0.2) is 39.3 Å². The molecule has 2 N–H and O–H groups in total. The summed E-state index contributed by atoms with van der Waals surface area (Å²) in [7, 11) is 3.61. The van der Waals surface area contributed by atoms with Crippen molar-refractivity contribution < 1.29 is 9.90 Å². The monoisotopic (exact) mass is 336 g/mol. The van der Waals surface area contributed by atoms with Crippen LogP contribution in [0.25, 0.3) is 0 Å². The maximum atomic E-state index is 12.8. The highest BCUT2D eigenvalue weighted by molar-refractivity contribution is 5.85. The van der Waals surface area contributed by atoms with Crippen LogP contribution in [0.2, 0.25) is 0 Å². The lowest BCUT2D eigenvalue weighted by Gasteiger charge is -2.31. The number of halogens is 1. The molecule has 2 aromatic rings. The van der Waals surface area contributed by atoms with Crippen LogP contribution in [0.3, 0.4) is 0 Å². The van der Waals surface area contributed by atoms with E-state index in [4.69, 9.17) is 0 Å². The maximum Gasteiger partial charge on any atom is 0.244 e. The lowest BCUT2D eigenvalue weighted by molar-refractivity contribution is -0.134. The van der Waals surface area contributed by atoms with Gasteiger partial charge in [-0.2, -0.15) is 5.10 Å². The van der Waals surface area contributed by atoms with E-state index >= 15 is 0 Å². The summed E-state index contributed by atoms with van der Waals surface area (Å²) in [6.07, 6.45) is 4.37. The molecule has 0 spiro atoms. The summed E-state index contributed by atoms with van der Waals surface area (Å²) < 4.78 is 1.69. The maximum absolute atomic E-state index is 12.8. The van der Waals surface area contributed by atoms with Gasteiger partial charge in [0, 0.05) is 31.9 Å². The zero-order chi connectivity index (χ0) is 15.7. The molecule has 0 aliphatic carbocycles. The van der Waals surface area contributed by atoms with Gasteiger partial charge in [0.2, 0.25) is 5.91 Å². The molecule has 1 atom stereocenters. The summed E-state index contributed by atoms with van der Waals surface area (Å²) in [5.41, 5.74) is 3.07. The first kappa shape index (κ1) is 17.3. The number of amides is 1. The number of hydrogen-bond donors (Lipinski definition) is 2. The van der Waals surface area contributed by atoms with Crippen molar-refractivity contribution in [2.75, 3.05) is 13.6 Å². The Balaban J connectivity index is 0.00000192. The summed E-state index contributed by atoms with van der Waals surface area (Å²) >= 11 is 0. The Labute approximate surface area is 141 Å². The lowest BCUT2D eigenvalue weighted by Crippen LogP contribution is -2.42. The van der Waals surface area contributed by atoms with Crippen LogP contribution in [-0.2, 0) is 24.8 Å². The average Bonchev–Trinajstić information content (AvgIpc) is 2.93. The van der Waals surface area contributed by atoms with E-state index in [0.717, 1.165) is 17.5 Å². The van der Waals surface area contributed by atoms with E-state index in [1.807, 2.05) is 24.2 Å². The van der Waals surface area contributed by atoms with Gasteiger partial charge >= 0.3 is 0 Å². The molecule has 2 heterocycles. The summed E-state index contributed by atoms with van der Waals surface area (Å²) in [6, 6.07) is 4.98. The van der Waals surface area contributed by atoms with E-state index in [1.54, 1.807) is 30.1 Å². The molecular weight excluding hydrogens is 316 g/mol. The van der Waals surface area contributed by atoms with Crippen molar-refractivity contribution in [2.45, 2.75) is 19.0 Å². The molecule has 0 fully saturated rings. The molecule has 0 radical (unpaired) electrons. The molecule has 1 aromatic carbocycles. The van der Waals surface area contributed by atoms with E-state index < -0.39 is 6.04 Å². The van der Waals surface area contributed by atoms with Gasteiger partial charge in [-0.3, -0.25) is 9.48 Å². The number of phenols is 1. The van der Waals surface area contributed by atoms with Gasteiger partial charge in [0.05, 0.1) is 6.20 Å². The fourth-order valence-corrected chi connectivity index (χ4v) is 2.94. The number of hydrogen-bond acceptors (Lipinski definition) is 4. The second-order valence-corrected chi connectivity index (χ2v) is 5.63. The number of likely N-dealkylation sites (N-methyl/N-ethyl adjacent to an activating group) is 1. The molecule has 3 rings (SSSR count). The highest BCUT2D eigenvalue weighted by Crippen LogP contribution is 2.25. The van der Waals surface area contributed by atoms with Gasteiger partial charge in [-0.05, 0) is 36.7 Å². The predicted octanol–water partition coefficient (Wildman–Crippen LogP) is 1.39. The second-order valence-electron chi connectivity index (χ2n) is 5.63. The molecule has 23 heavy (non-hydrogen) atoms. The van der Waals surface area contributed by atoms with Crippen LogP contribution in [0.4, 0.5) is 0 Å². The molecule has 1 amide bonds. The number of nitrogens with zero attached hydrogens (tertiary/aromatic N) is 3. The first-order valence-electron chi connectivity index (χ1n) is 7.34. The number of carbonyl (C=O) groups excluding carboxylic acids is 1. The van der Waals surface area contributed by atoms with E-state index in [0.29, 0.717) is 13.1 Å². The SMILES string of the molecule is CNC(C(=O)N1CCc2ccc(O)cc2C1)c1cnn(C)c1.Cl. The molecule has 6 nitrogen and oxygen atoms in total. The number of aromatic nitrogens is 2. The van der Waals surface area contributed by atoms with Gasteiger partial charge in [-0.25, -0.2) is 0 Å². The number of aryl methyl sites for hydroxylation is 1.